The number of halogens is 1. The molecule has 5 aromatic rings. The van der Waals surface area contributed by atoms with Crippen molar-refractivity contribution in [2.75, 3.05) is 11.5 Å². The van der Waals surface area contributed by atoms with Crippen molar-refractivity contribution < 1.29 is 9.47 Å². The van der Waals surface area contributed by atoms with Crippen molar-refractivity contribution in [3.63, 3.8) is 0 Å². The smallest absolute Gasteiger partial charge is 0.245 e. The van der Waals surface area contributed by atoms with Gasteiger partial charge in [0.1, 0.15) is 23.9 Å². The summed E-state index contributed by atoms with van der Waals surface area (Å²) >= 11 is 5.81. The number of nitrogens with one attached hydrogen (secondary N) is 1. The molecule has 0 bridgehead atoms. The summed E-state index contributed by atoms with van der Waals surface area (Å²) < 4.78 is 11.4. The highest BCUT2D eigenvalue weighted by atomic mass is 35.5. The number of nitrogens with two attached hydrogens (primary N) is 2. The summed E-state index contributed by atoms with van der Waals surface area (Å²) in [5.74, 6) is 1.07. The minimum atomic E-state index is 0.111. The lowest BCUT2D eigenvalue weighted by molar-refractivity contribution is 0.294. The Kier molecular flexibility index (Phi) is 11.4. The van der Waals surface area contributed by atoms with Crippen molar-refractivity contribution in [1.82, 2.24) is 29.9 Å². The molecule has 3 heterocycles. The third-order valence-corrected chi connectivity index (χ3v) is 7.29. The average Bonchev–Trinajstić information content (AvgIpc) is 3.45. The molecule has 0 atom stereocenters. The van der Waals surface area contributed by atoms with Gasteiger partial charge in [0, 0.05) is 6.07 Å². The average molecular weight is 645 g/mol. The molecule has 0 radical (unpaired) electrons. The Morgan fingerprint density at radius 1 is 0.674 bits per heavy atom. The van der Waals surface area contributed by atoms with Crippen molar-refractivity contribution in [1.29, 1.82) is 0 Å². The normalized spacial score (nSPS) is 11.6. The van der Waals surface area contributed by atoms with E-state index in [1.807, 2.05) is 0 Å². The number of fused-ring (bicyclic) bond motifs is 1. The minimum absolute atomic E-state index is 0.111. The fraction of sp³-hybridized carbons (Fsp3) is 0.400. The van der Waals surface area contributed by atoms with Crippen molar-refractivity contribution in [2.24, 2.45) is 10.8 Å². The van der Waals surface area contributed by atoms with Gasteiger partial charge in [-0.1, -0.05) is 102 Å². The number of nitrogen functional groups attached to an aromatic ring is 2. The molecule has 0 unspecified atom stereocenters. The van der Waals surface area contributed by atoms with E-state index < -0.39 is 0 Å². The molecule has 11 heteroatoms. The minimum Gasteiger partial charge on any atom is -0.473 e. The van der Waals surface area contributed by atoms with Gasteiger partial charge in [-0.2, -0.15) is 15.0 Å². The van der Waals surface area contributed by atoms with E-state index in [0.717, 1.165) is 24.0 Å². The van der Waals surface area contributed by atoms with Gasteiger partial charge in [0.25, 0.3) is 0 Å². The highest BCUT2D eigenvalue weighted by molar-refractivity contribution is 6.29. The van der Waals surface area contributed by atoms with Crippen molar-refractivity contribution in [3.05, 3.63) is 88.3 Å². The summed E-state index contributed by atoms with van der Waals surface area (Å²) in [4.78, 5) is 23.0. The van der Waals surface area contributed by atoms with Gasteiger partial charge in [-0.3, -0.25) is 0 Å². The predicted molar refractivity (Wildman–Crippen MR) is 185 cm³/mol. The fourth-order valence-corrected chi connectivity index (χ4v) is 4.55. The first-order valence-electron chi connectivity index (χ1n) is 15.4. The van der Waals surface area contributed by atoms with E-state index in [4.69, 9.17) is 32.5 Å². The summed E-state index contributed by atoms with van der Waals surface area (Å²) in [6, 6.07) is 18.5. The van der Waals surface area contributed by atoms with Gasteiger partial charge in [-0.15, -0.1) is 0 Å². The number of aryl methyl sites for hydroxylation is 2. The number of hydrogen-bond donors (Lipinski definition) is 3. The molecule has 5 N–H and O–H groups in total. The molecule has 0 aliphatic rings. The maximum Gasteiger partial charge on any atom is 0.245 e. The van der Waals surface area contributed by atoms with Crippen LogP contribution in [0.3, 0.4) is 0 Å². The lowest BCUT2D eigenvalue weighted by atomic mass is 9.88. The number of aromatic amines is 1. The highest BCUT2D eigenvalue weighted by Gasteiger charge is 2.12. The van der Waals surface area contributed by atoms with Gasteiger partial charge in [0.05, 0.1) is 6.33 Å². The fourth-order valence-electron chi connectivity index (χ4n) is 4.37. The van der Waals surface area contributed by atoms with E-state index in [2.05, 4.69) is 120 Å². The van der Waals surface area contributed by atoms with Crippen molar-refractivity contribution in [2.45, 2.75) is 80.4 Å². The lowest BCUT2D eigenvalue weighted by Gasteiger charge is -2.17. The Labute approximate surface area is 276 Å². The number of benzene rings is 2. The quantitative estimate of drug-likeness (QED) is 0.130. The molecule has 0 aliphatic carbocycles. The summed E-state index contributed by atoms with van der Waals surface area (Å²) in [5.41, 5.74) is 17.9. The molecule has 0 saturated carbocycles. The van der Waals surface area contributed by atoms with Crippen LogP contribution in [-0.2, 0) is 26.1 Å². The van der Waals surface area contributed by atoms with Crippen LogP contribution in [0.15, 0.2) is 60.9 Å². The third kappa shape index (κ3) is 11.5. The molecule has 46 heavy (non-hydrogen) atoms. The third-order valence-electron chi connectivity index (χ3n) is 7.09. The van der Waals surface area contributed by atoms with Crippen LogP contribution < -0.4 is 20.9 Å². The van der Waals surface area contributed by atoms with Crippen LogP contribution in [0.4, 0.5) is 11.9 Å². The zero-order valence-electron chi connectivity index (χ0n) is 27.6. The van der Waals surface area contributed by atoms with Crippen LogP contribution in [-0.4, -0.2) is 29.9 Å². The van der Waals surface area contributed by atoms with Crippen LogP contribution >= 0.6 is 11.6 Å². The maximum absolute atomic E-state index is 5.81. The predicted octanol–water partition coefficient (Wildman–Crippen LogP) is 7.76. The van der Waals surface area contributed by atoms with Crippen LogP contribution in [0.5, 0.6) is 11.8 Å². The Morgan fingerprint density at radius 3 is 1.70 bits per heavy atom. The molecule has 10 nitrogen and oxygen atoms in total. The van der Waals surface area contributed by atoms with E-state index in [1.54, 1.807) is 12.4 Å². The standard InChI is InChI=1S/C18H23N5O.C17H22ClN3O/c1-18(2,3)9-8-12-4-6-13(7-5-12)10-24-16-14-15(21-11-20-14)22-17(19)23-16;1-17(2,3)9-8-12-4-6-13(7-5-12)11-22-15-10-14(18)20-16(19)21-15/h4-7,11H,8-10H2,1-3H3,(H3,19,20,21,22,23);4-7,10H,8-9,11H2,1-3H3,(H2,19,20,21). The van der Waals surface area contributed by atoms with E-state index in [1.165, 1.54) is 24.0 Å². The van der Waals surface area contributed by atoms with Gasteiger partial charge >= 0.3 is 0 Å². The SMILES string of the molecule is CC(C)(C)CCc1ccc(COc2cc(Cl)nc(N)n2)cc1.CC(C)(C)CCc1ccc(COc2nc(N)nc3nc[nH]c23)cc1. The van der Waals surface area contributed by atoms with Gasteiger partial charge < -0.3 is 25.9 Å². The number of nitrogens with zero attached hydrogens (tertiary/aromatic N) is 5. The topological polar surface area (TPSA) is 151 Å². The molecule has 5 rings (SSSR count). The number of H-pyrrole nitrogens is 1. The Bertz CT molecular complexity index is 1670. The molecule has 3 aromatic heterocycles. The summed E-state index contributed by atoms with van der Waals surface area (Å²) in [7, 11) is 0. The molecule has 0 spiro atoms. The van der Waals surface area contributed by atoms with Crippen LogP contribution in [0.2, 0.25) is 5.15 Å². The van der Waals surface area contributed by atoms with E-state index in [0.29, 0.717) is 47.0 Å². The van der Waals surface area contributed by atoms with Crippen molar-refractivity contribution >= 4 is 34.7 Å². The molecular weight excluding hydrogens is 600 g/mol. The maximum atomic E-state index is 5.81. The number of anilines is 2. The summed E-state index contributed by atoms with van der Waals surface area (Å²) in [6.07, 6.45) is 6.06. The molecule has 0 amide bonds. The lowest BCUT2D eigenvalue weighted by Crippen LogP contribution is -2.06. The molecule has 244 valence electrons. The molecule has 0 saturated heterocycles. The second-order valence-electron chi connectivity index (χ2n) is 13.7. The van der Waals surface area contributed by atoms with Gasteiger partial charge in [-0.05, 0) is 58.8 Å². The summed E-state index contributed by atoms with van der Waals surface area (Å²) in [5, 5.41) is 0.278. The van der Waals surface area contributed by atoms with Crippen LogP contribution in [0.1, 0.15) is 76.6 Å². The van der Waals surface area contributed by atoms with Gasteiger partial charge in [0.15, 0.2) is 5.65 Å². The first-order chi connectivity index (χ1) is 21.7. The molecule has 2 aromatic carbocycles. The number of rotatable bonds is 10. The van der Waals surface area contributed by atoms with Gasteiger partial charge in [0.2, 0.25) is 23.7 Å². The monoisotopic (exact) mass is 644 g/mol. The highest BCUT2D eigenvalue weighted by Crippen LogP contribution is 2.24. The first-order valence-corrected chi connectivity index (χ1v) is 15.8. The Balaban J connectivity index is 0.000000210. The zero-order valence-corrected chi connectivity index (χ0v) is 28.4. The largest absolute Gasteiger partial charge is 0.473 e. The van der Waals surface area contributed by atoms with E-state index in [-0.39, 0.29) is 17.0 Å². The Hall–Kier alpha value is -4.44. The summed E-state index contributed by atoms with van der Waals surface area (Å²) in [6.45, 7) is 14.4. The van der Waals surface area contributed by atoms with Gasteiger partial charge in [-0.25, -0.2) is 9.97 Å². The molecule has 0 aliphatic heterocycles. The number of imidazole rings is 1. The van der Waals surface area contributed by atoms with Crippen molar-refractivity contribution in [3.8, 4) is 11.8 Å². The van der Waals surface area contributed by atoms with Crippen LogP contribution in [0, 0.1) is 10.8 Å². The number of aromatic nitrogens is 6. The Morgan fingerprint density at radius 2 is 1.17 bits per heavy atom. The second-order valence-corrected chi connectivity index (χ2v) is 14.1. The van der Waals surface area contributed by atoms with Crippen LogP contribution in [0.25, 0.3) is 11.2 Å². The zero-order chi connectivity index (χ0) is 33.3. The van der Waals surface area contributed by atoms with E-state index in [9.17, 15) is 0 Å². The first kappa shape index (κ1) is 34.4. The second kappa shape index (κ2) is 15.2. The number of hydrogen-bond acceptors (Lipinski definition) is 9. The van der Waals surface area contributed by atoms with E-state index >= 15 is 0 Å². The number of ether oxygens (including phenoxy) is 2. The molecular formula is C35H45ClN8O2. The molecule has 0 fully saturated rings.